The minimum Gasteiger partial charge on any atom is -0.330 e. The van der Waals surface area contributed by atoms with Gasteiger partial charge in [-0.25, -0.2) is 4.98 Å². The van der Waals surface area contributed by atoms with Crippen LogP contribution in [0.1, 0.15) is 5.01 Å². The highest BCUT2D eigenvalue weighted by Gasteiger charge is 2.02. The van der Waals surface area contributed by atoms with Gasteiger partial charge in [0.25, 0.3) is 0 Å². The van der Waals surface area contributed by atoms with E-state index in [0.29, 0.717) is 6.54 Å². The second-order valence-electron chi connectivity index (χ2n) is 2.76. The van der Waals surface area contributed by atoms with Crippen LogP contribution >= 0.6 is 22.9 Å². The van der Waals surface area contributed by atoms with E-state index >= 15 is 0 Å². The van der Waals surface area contributed by atoms with Gasteiger partial charge in [0.05, 0.1) is 15.2 Å². The van der Waals surface area contributed by atoms with Crippen LogP contribution in [0.2, 0.25) is 5.02 Å². The van der Waals surface area contributed by atoms with Crippen molar-refractivity contribution >= 4 is 33.2 Å². The summed E-state index contributed by atoms with van der Waals surface area (Å²) in [5.74, 6) is 0. The molecule has 0 saturated heterocycles. The van der Waals surface area contributed by atoms with Crippen molar-refractivity contribution in [1.29, 1.82) is 0 Å². The summed E-state index contributed by atoms with van der Waals surface area (Å²) < 4.78 is 1.14. The molecule has 2 aromatic rings. The minimum atomic E-state index is 0.646. The maximum Gasteiger partial charge on any atom is 0.0951 e. The van der Waals surface area contributed by atoms with Crippen molar-refractivity contribution in [1.82, 2.24) is 4.98 Å². The second-order valence-corrected chi connectivity index (χ2v) is 4.31. The first-order valence-electron chi connectivity index (χ1n) is 4.04. The molecule has 13 heavy (non-hydrogen) atoms. The lowest BCUT2D eigenvalue weighted by Crippen LogP contribution is -2.01. The lowest BCUT2D eigenvalue weighted by Gasteiger charge is -1.86. The van der Waals surface area contributed by atoms with E-state index in [9.17, 15) is 0 Å². The molecule has 0 aliphatic heterocycles. The third-order valence-electron chi connectivity index (χ3n) is 1.75. The molecule has 0 fully saturated rings. The Hall–Kier alpha value is -0.640. The molecule has 0 aliphatic rings. The lowest BCUT2D eigenvalue weighted by molar-refractivity contribution is 0.958. The largest absolute Gasteiger partial charge is 0.330 e. The molecule has 2 nitrogen and oxygen atoms in total. The molecule has 0 radical (unpaired) electrons. The van der Waals surface area contributed by atoms with E-state index in [1.165, 1.54) is 0 Å². The number of fused-ring (bicyclic) bond motifs is 1. The average Bonchev–Trinajstić information content (AvgIpc) is 2.46. The van der Waals surface area contributed by atoms with Gasteiger partial charge in [-0.2, -0.15) is 0 Å². The van der Waals surface area contributed by atoms with Crippen LogP contribution in [-0.4, -0.2) is 11.5 Å². The minimum absolute atomic E-state index is 0.646. The van der Waals surface area contributed by atoms with E-state index in [1.54, 1.807) is 11.3 Å². The summed E-state index contributed by atoms with van der Waals surface area (Å²) in [7, 11) is 0. The van der Waals surface area contributed by atoms with E-state index in [1.807, 2.05) is 18.2 Å². The zero-order valence-corrected chi connectivity index (χ0v) is 8.53. The Kier molecular flexibility index (Phi) is 2.49. The molecule has 4 heteroatoms. The number of aromatic nitrogens is 1. The normalized spacial score (nSPS) is 10.9. The standard InChI is InChI=1S/C9H9ClN2S/c10-6-1-2-7-8(5-6)13-9(12-7)3-4-11/h1-2,5H,3-4,11H2. The molecule has 1 aromatic heterocycles. The van der Waals surface area contributed by atoms with Crippen molar-refractivity contribution < 1.29 is 0 Å². The van der Waals surface area contributed by atoms with E-state index in [-0.39, 0.29) is 0 Å². The summed E-state index contributed by atoms with van der Waals surface area (Å²) in [6.45, 7) is 0.646. The monoisotopic (exact) mass is 212 g/mol. The zero-order chi connectivity index (χ0) is 9.26. The van der Waals surface area contributed by atoms with Gasteiger partial charge in [0.1, 0.15) is 0 Å². The van der Waals surface area contributed by atoms with E-state index in [4.69, 9.17) is 17.3 Å². The molecular weight excluding hydrogens is 204 g/mol. The summed E-state index contributed by atoms with van der Waals surface area (Å²) >= 11 is 7.52. The number of nitrogens with two attached hydrogens (primary N) is 1. The highest BCUT2D eigenvalue weighted by Crippen LogP contribution is 2.25. The van der Waals surface area contributed by atoms with Crippen LogP contribution in [0, 0.1) is 0 Å². The first-order chi connectivity index (χ1) is 6.29. The van der Waals surface area contributed by atoms with Gasteiger partial charge in [-0.3, -0.25) is 0 Å². The number of benzene rings is 1. The van der Waals surface area contributed by atoms with Gasteiger partial charge >= 0.3 is 0 Å². The summed E-state index contributed by atoms with van der Waals surface area (Å²) in [6.07, 6.45) is 0.844. The molecule has 0 bridgehead atoms. The zero-order valence-electron chi connectivity index (χ0n) is 6.96. The van der Waals surface area contributed by atoms with Crippen molar-refractivity contribution in [2.75, 3.05) is 6.54 Å². The van der Waals surface area contributed by atoms with Gasteiger partial charge in [-0.15, -0.1) is 11.3 Å². The van der Waals surface area contributed by atoms with Crippen LogP contribution in [-0.2, 0) is 6.42 Å². The maximum absolute atomic E-state index is 5.86. The molecule has 0 aliphatic carbocycles. The van der Waals surface area contributed by atoms with Crippen LogP contribution in [0.4, 0.5) is 0 Å². The topological polar surface area (TPSA) is 38.9 Å². The molecule has 2 N–H and O–H groups in total. The van der Waals surface area contributed by atoms with Gasteiger partial charge in [-0.05, 0) is 24.7 Å². The Morgan fingerprint density at radius 3 is 3.08 bits per heavy atom. The summed E-state index contributed by atoms with van der Waals surface area (Å²) in [4.78, 5) is 4.42. The van der Waals surface area contributed by atoms with Crippen LogP contribution in [0.3, 0.4) is 0 Å². The lowest BCUT2D eigenvalue weighted by atomic mass is 10.3. The molecule has 0 amide bonds. The second kappa shape index (κ2) is 3.62. The molecule has 1 heterocycles. The van der Waals surface area contributed by atoms with Crippen molar-refractivity contribution in [2.45, 2.75) is 6.42 Å². The van der Waals surface area contributed by atoms with E-state index in [0.717, 1.165) is 26.7 Å². The number of rotatable bonds is 2. The number of halogens is 1. The van der Waals surface area contributed by atoms with Crippen molar-refractivity contribution in [3.63, 3.8) is 0 Å². The van der Waals surface area contributed by atoms with Crippen molar-refractivity contribution in [3.05, 3.63) is 28.2 Å². The quantitative estimate of drug-likeness (QED) is 0.831. The fourth-order valence-electron chi connectivity index (χ4n) is 1.18. The smallest absolute Gasteiger partial charge is 0.0951 e. The van der Waals surface area contributed by atoms with E-state index in [2.05, 4.69) is 4.98 Å². The number of thiazole rings is 1. The molecule has 68 valence electrons. The Morgan fingerprint density at radius 1 is 1.46 bits per heavy atom. The third kappa shape index (κ3) is 1.82. The predicted molar refractivity (Wildman–Crippen MR) is 57.4 cm³/mol. The van der Waals surface area contributed by atoms with Crippen LogP contribution < -0.4 is 5.73 Å². The third-order valence-corrected chi connectivity index (χ3v) is 3.07. The number of hydrogen-bond donors (Lipinski definition) is 1. The first-order valence-corrected chi connectivity index (χ1v) is 5.24. The Balaban J connectivity index is 2.49. The Morgan fingerprint density at radius 2 is 2.31 bits per heavy atom. The highest BCUT2D eigenvalue weighted by atomic mass is 35.5. The van der Waals surface area contributed by atoms with Gasteiger partial charge in [-0.1, -0.05) is 11.6 Å². The van der Waals surface area contributed by atoms with Gasteiger partial charge < -0.3 is 5.73 Å². The fraction of sp³-hybridized carbons (Fsp3) is 0.222. The average molecular weight is 213 g/mol. The summed E-state index contributed by atoms with van der Waals surface area (Å²) in [5, 5.41) is 1.84. The van der Waals surface area contributed by atoms with Gasteiger partial charge in [0.15, 0.2) is 0 Å². The SMILES string of the molecule is NCCc1nc2ccc(Cl)cc2s1. The maximum atomic E-state index is 5.86. The highest BCUT2D eigenvalue weighted by molar-refractivity contribution is 7.18. The van der Waals surface area contributed by atoms with Crippen LogP contribution in [0.5, 0.6) is 0 Å². The summed E-state index contributed by atoms with van der Waals surface area (Å²) in [5.41, 5.74) is 6.46. The summed E-state index contributed by atoms with van der Waals surface area (Å²) in [6, 6.07) is 5.73. The molecule has 1 aromatic carbocycles. The fourth-order valence-corrected chi connectivity index (χ4v) is 2.44. The van der Waals surface area contributed by atoms with Crippen LogP contribution in [0.25, 0.3) is 10.2 Å². The Labute approximate surface area is 85.3 Å². The molecule has 0 atom stereocenters. The molecule has 0 saturated carbocycles. The van der Waals surface area contributed by atoms with Gasteiger partial charge in [0, 0.05) is 11.4 Å². The number of hydrogen-bond acceptors (Lipinski definition) is 3. The van der Waals surface area contributed by atoms with Crippen molar-refractivity contribution in [2.24, 2.45) is 5.73 Å². The molecule has 0 unspecified atom stereocenters. The molecule has 2 rings (SSSR count). The van der Waals surface area contributed by atoms with E-state index < -0.39 is 0 Å². The molecular formula is C9H9ClN2S. The molecule has 0 spiro atoms. The van der Waals surface area contributed by atoms with Crippen molar-refractivity contribution in [3.8, 4) is 0 Å². The number of nitrogens with zero attached hydrogens (tertiary/aromatic N) is 1. The predicted octanol–water partition coefficient (Wildman–Crippen LogP) is 2.45. The first kappa shape index (κ1) is 8.94. The Bertz CT molecular complexity index is 424. The van der Waals surface area contributed by atoms with Crippen LogP contribution in [0.15, 0.2) is 18.2 Å². The van der Waals surface area contributed by atoms with Gasteiger partial charge in [0.2, 0.25) is 0 Å².